The number of hydrogen-bond donors (Lipinski definition) is 2. The molecular weight excluding hydrogens is 351 g/mol. The second-order valence-corrected chi connectivity index (χ2v) is 7.29. The standard InChI is InChI=1S/C13H11FN8O2S/c14-10-2-1-8(3-9(10)12-18-20-21-19-12)25(23,24)22-5-7-4-16-13(15)17-11(7)6-22/h1-4H,5-6H2,(H2,15,16,17)(H,18,19,20,21). The lowest BCUT2D eigenvalue weighted by atomic mass is 10.2. The molecule has 1 aromatic carbocycles. The van der Waals surface area contributed by atoms with E-state index in [-0.39, 0.29) is 35.3 Å². The number of aromatic nitrogens is 6. The molecule has 0 aliphatic carbocycles. The van der Waals surface area contributed by atoms with Crippen LogP contribution in [0.5, 0.6) is 0 Å². The Labute approximate surface area is 141 Å². The number of hydrogen-bond acceptors (Lipinski definition) is 8. The molecule has 3 heterocycles. The highest BCUT2D eigenvalue weighted by atomic mass is 32.2. The van der Waals surface area contributed by atoms with E-state index in [0.717, 1.165) is 6.07 Å². The smallest absolute Gasteiger partial charge is 0.243 e. The number of fused-ring (bicyclic) bond motifs is 1. The summed E-state index contributed by atoms with van der Waals surface area (Å²) in [5, 5.41) is 12.9. The van der Waals surface area contributed by atoms with Crippen molar-refractivity contribution in [2.24, 2.45) is 0 Å². The molecule has 0 spiro atoms. The molecular formula is C13H11FN8O2S. The van der Waals surface area contributed by atoms with Gasteiger partial charge >= 0.3 is 0 Å². The summed E-state index contributed by atoms with van der Waals surface area (Å²) in [5.74, 6) is -0.597. The SMILES string of the molecule is Nc1ncc2c(n1)CN(S(=O)(=O)c1ccc(F)c(-c3nn[nH]n3)c1)C2. The Bertz CT molecular complexity index is 1050. The van der Waals surface area contributed by atoms with Crippen molar-refractivity contribution < 1.29 is 12.8 Å². The minimum atomic E-state index is -3.88. The Morgan fingerprint density at radius 3 is 2.88 bits per heavy atom. The third kappa shape index (κ3) is 2.60. The lowest BCUT2D eigenvalue weighted by molar-refractivity contribution is 0.429. The number of rotatable bonds is 3. The van der Waals surface area contributed by atoms with Crippen molar-refractivity contribution >= 4 is 16.0 Å². The summed E-state index contributed by atoms with van der Waals surface area (Å²) in [6, 6.07) is 3.43. The van der Waals surface area contributed by atoms with Crippen LogP contribution in [-0.2, 0) is 23.1 Å². The van der Waals surface area contributed by atoms with Gasteiger partial charge in [0.25, 0.3) is 0 Å². The average molecular weight is 362 g/mol. The van der Waals surface area contributed by atoms with Crippen molar-refractivity contribution in [1.82, 2.24) is 34.9 Å². The van der Waals surface area contributed by atoms with Crippen molar-refractivity contribution in [3.63, 3.8) is 0 Å². The highest BCUT2D eigenvalue weighted by Crippen LogP contribution is 2.29. The monoisotopic (exact) mass is 362 g/mol. The predicted molar refractivity (Wildman–Crippen MR) is 82.4 cm³/mol. The molecule has 0 fully saturated rings. The summed E-state index contributed by atoms with van der Waals surface area (Å²) in [7, 11) is -3.88. The van der Waals surface area contributed by atoms with E-state index in [1.54, 1.807) is 0 Å². The fourth-order valence-corrected chi connectivity index (χ4v) is 3.98. The predicted octanol–water partition coefficient (Wildman–Crippen LogP) is 0.0825. The number of anilines is 1. The van der Waals surface area contributed by atoms with Crippen LogP contribution in [0.2, 0.25) is 0 Å². The third-order valence-electron chi connectivity index (χ3n) is 3.81. The highest BCUT2D eigenvalue weighted by molar-refractivity contribution is 7.89. The first-order valence-electron chi connectivity index (χ1n) is 7.09. The maximum absolute atomic E-state index is 14.0. The minimum Gasteiger partial charge on any atom is -0.368 e. The first-order chi connectivity index (χ1) is 11.9. The van der Waals surface area contributed by atoms with Crippen LogP contribution in [0.15, 0.2) is 29.3 Å². The molecule has 2 aromatic heterocycles. The lowest BCUT2D eigenvalue weighted by Crippen LogP contribution is -2.25. The molecule has 0 radical (unpaired) electrons. The Kier molecular flexibility index (Phi) is 3.43. The molecule has 12 heteroatoms. The number of benzene rings is 1. The number of nitrogens with one attached hydrogen (secondary N) is 1. The third-order valence-corrected chi connectivity index (χ3v) is 5.60. The van der Waals surface area contributed by atoms with Gasteiger partial charge in [-0.05, 0) is 23.4 Å². The lowest BCUT2D eigenvalue weighted by Gasteiger charge is -2.15. The first-order valence-corrected chi connectivity index (χ1v) is 8.53. The highest BCUT2D eigenvalue weighted by Gasteiger charge is 2.32. The molecule has 4 rings (SSSR count). The summed E-state index contributed by atoms with van der Waals surface area (Å²) < 4.78 is 41.0. The van der Waals surface area contributed by atoms with Crippen molar-refractivity contribution in [2.45, 2.75) is 18.0 Å². The van der Waals surface area contributed by atoms with E-state index in [9.17, 15) is 12.8 Å². The number of nitrogens with zero attached hydrogens (tertiary/aromatic N) is 6. The Morgan fingerprint density at radius 1 is 1.28 bits per heavy atom. The van der Waals surface area contributed by atoms with Gasteiger partial charge in [0.15, 0.2) is 0 Å². The normalized spacial score (nSPS) is 14.6. The van der Waals surface area contributed by atoms with Gasteiger partial charge in [0.1, 0.15) is 5.82 Å². The van der Waals surface area contributed by atoms with Crippen LogP contribution in [0.4, 0.5) is 10.3 Å². The first kappa shape index (κ1) is 15.5. The van der Waals surface area contributed by atoms with Crippen LogP contribution in [0.3, 0.4) is 0 Å². The maximum Gasteiger partial charge on any atom is 0.243 e. The molecule has 1 aliphatic rings. The van der Waals surface area contributed by atoms with Gasteiger partial charge in [-0.15, -0.1) is 10.2 Å². The second-order valence-electron chi connectivity index (χ2n) is 5.35. The van der Waals surface area contributed by atoms with Gasteiger partial charge in [-0.2, -0.15) is 9.52 Å². The number of halogens is 1. The molecule has 0 amide bonds. The number of H-pyrrole nitrogens is 1. The van der Waals surface area contributed by atoms with Gasteiger partial charge in [0.05, 0.1) is 22.7 Å². The zero-order chi connectivity index (χ0) is 17.6. The zero-order valence-corrected chi connectivity index (χ0v) is 13.4. The Morgan fingerprint density at radius 2 is 2.12 bits per heavy atom. The molecule has 0 saturated heterocycles. The number of nitrogens with two attached hydrogens (primary N) is 1. The number of nitrogen functional groups attached to an aromatic ring is 1. The average Bonchev–Trinajstić information content (AvgIpc) is 3.24. The molecule has 25 heavy (non-hydrogen) atoms. The number of tetrazole rings is 1. The molecule has 0 atom stereocenters. The summed E-state index contributed by atoms with van der Waals surface area (Å²) in [6.07, 6.45) is 1.50. The topological polar surface area (TPSA) is 144 Å². The van der Waals surface area contributed by atoms with Crippen LogP contribution in [0.1, 0.15) is 11.3 Å². The van der Waals surface area contributed by atoms with E-state index in [2.05, 4.69) is 30.6 Å². The molecule has 128 valence electrons. The number of aromatic amines is 1. The minimum absolute atomic E-state index is 0.0297. The summed E-state index contributed by atoms with van der Waals surface area (Å²) in [6.45, 7) is 0.187. The van der Waals surface area contributed by atoms with Gasteiger partial charge in [0.2, 0.25) is 21.8 Å². The summed E-state index contributed by atoms with van der Waals surface area (Å²) >= 11 is 0. The molecule has 1 aliphatic heterocycles. The second kappa shape index (κ2) is 5.53. The Balaban J connectivity index is 1.71. The van der Waals surface area contributed by atoms with Crippen molar-refractivity contribution in [3.05, 3.63) is 41.5 Å². The van der Waals surface area contributed by atoms with Gasteiger partial charge < -0.3 is 5.73 Å². The van der Waals surface area contributed by atoms with E-state index in [4.69, 9.17) is 5.73 Å². The van der Waals surface area contributed by atoms with Crippen LogP contribution < -0.4 is 5.73 Å². The fourth-order valence-electron chi connectivity index (χ4n) is 2.57. The van der Waals surface area contributed by atoms with E-state index < -0.39 is 15.8 Å². The fraction of sp³-hybridized carbons (Fsp3) is 0.154. The van der Waals surface area contributed by atoms with Crippen molar-refractivity contribution in [3.8, 4) is 11.4 Å². The largest absolute Gasteiger partial charge is 0.368 e. The van der Waals surface area contributed by atoms with E-state index in [0.29, 0.717) is 11.3 Å². The molecule has 3 aromatic rings. The van der Waals surface area contributed by atoms with Crippen LogP contribution in [0, 0.1) is 5.82 Å². The van der Waals surface area contributed by atoms with Gasteiger partial charge in [0, 0.05) is 18.3 Å². The summed E-state index contributed by atoms with van der Waals surface area (Å²) in [5.41, 5.74) is 6.70. The van der Waals surface area contributed by atoms with Gasteiger partial charge in [-0.3, -0.25) is 0 Å². The van der Waals surface area contributed by atoms with Crippen molar-refractivity contribution in [1.29, 1.82) is 0 Å². The zero-order valence-electron chi connectivity index (χ0n) is 12.6. The molecule has 0 unspecified atom stereocenters. The Hall–Kier alpha value is -2.99. The van der Waals surface area contributed by atoms with E-state index in [1.807, 2.05) is 0 Å². The van der Waals surface area contributed by atoms with Gasteiger partial charge in [-0.25, -0.2) is 22.8 Å². The van der Waals surface area contributed by atoms with Crippen LogP contribution in [0.25, 0.3) is 11.4 Å². The molecule has 10 nitrogen and oxygen atoms in total. The van der Waals surface area contributed by atoms with Gasteiger partial charge in [-0.1, -0.05) is 0 Å². The summed E-state index contributed by atoms with van der Waals surface area (Å²) in [4.78, 5) is 7.84. The maximum atomic E-state index is 14.0. The molecule has 0 saturated carbocycles. The molecule has 0 bridgehead atoms. The van der Waals surface area contributed by atoms with Crippen LogP contribution >= 0.6 is 0 Å². The van der Waals surface area contributed by atoms with Crippen molar-refractivity contribution in [2.75, 3.05) is 5.73 Å². The van der Waals surface area contributed by atoms with Crippen LogP contribution in [-0.4, -0.2) is 43.3 Å². The molecule has 3 N–H and O–H groups in total. The number of sulfonamides is 1. The quantitative estimate of drug-likeness (QED) is 0.667. The van der Waals surface area contributed by atoms with E-state index >= 15 is 0 Å². The van der Waals surface area contributed by atoms with E-state index in [1.165, 1.54) is 22.6 Å².